The molecule has 0 amide bonds. The summed E-state index contributed by atoms with van der Waals surface area (Å²) in [6.07, 6.45) is 1.42. The van der Waals surface area contributed by atoms with Gasteiger partial charge in [-0.1, -0.05) is 13.8 Å². The fourth-order valence-corrected chi connectivity index (χ4v) is 1.40. The van der Waals surface area contributed by atoms with E-state index in [4.69, 9.17) is 10.5 Å². The Morgan fingerprint density at radius 3 is 2.50 bits per heavy atom. The molecule has 1 rings (SSSR count). The summed E-state index contributed by atoms with van der Waals surface area (Å²) in [5.74, 6) is 0. The second kappa shape index (κ2) is 2.51. The number of nitrogens with two attached hydrogens (primary N) is 1. The van der Waals surface area contributed by atoms with Crippen LogP contribution in [0.25, 0.3) is 0 Å². The highest BCUT2D eigenvalue weighted by Gasteiger charge is 2.46. The summed E-state index contributed by atoms with van der Waals surface area (Å²) in [7, 11) is 0. The Hall–Kier alpha value is -0.0800. The van der Waals surface area contributed by atoms with Gasteiger partial charge < -0.3 is 10.5 Å². The number of hydrogen-bond acceptors (Lipinski definition) is 2. The molecule has 0 aromatic heterocycles. The lowest BCUT2D eigenvalue weighted by Crippen LogP contribution is -2.58. The molecule has 0 aromatic carbocycles. The minimum absolute atomic E-state index is 0.204. The van der Waals surface area contributed by atoms with Crippen molar-refractivity contribution in [3.05, 3.63) is 0 Å². The topological polar surface area (TPSA) is 35.2 Å². The summed E-state index contributed by atoms with van der Waals surface area (Å²) in [4.78, 5) is 0. The Labute approximate surface area is 62.7 Å². The van der Waals surface area contributed by atoms with Crippen LogP contribution in [0.3, 0.4) is 0 Å². The smallest absolute Gasteiger partial charge is 0.0655 e. The van der Waals surface area contributed by atoms with Crippen molar-refractivity contribution in [2.24, 2.45) is 11.1 Å². The van der Waals surface area contributed by atoms with E-state index in [0.29, 0.717) is 12.1 Å². The third kappa shape index (κ3) is 1.06. The van der Waals surface area contributed by atoms with Gasteiger partial charge in [-0.3, -0.25) is 0 Å². The molecule has 1 aliphatic rings. The minimum Gasteiger partial charge on any atom is -0.378 e. The first-order valence-electron chi connectivity index (χ1n) is 3.96. The normalized spacial score (nSPS) is 37.2. The zero-order valence-electron chi connectivity index (χ0n) is 7.05. The van der Waals surface area contributed by atoms with Gasteiger partial charge in [0, 0.05) is 18.1 Å². The maximum absolute atomic E-state index is 5.80. The largest absolute Gasteiger partial charge is 0.378 e. The van der Waals surface area contributed by atoms with Gasteiger partial charge in [0.05, 0.1) is 6.10 Å². The van der Waals surface area contributed by atoms with Gasteiger partial charge in [0.1, 0.15) is 0 Å². The molecular formula is C8H17NO. The maximum Gasteiger partial charge on any atom is 0.0655 e. The molecule has 2 N–H and O–H groups in total. The van der Waals surface area contributed by atoms with Gasteiger partial charge in [0.25, 0.3) is 0 Å². The molecule has 0 aromatic rings. The zero-order chi connectivity index (χ0) is 7.78. The summed E-state index contributed by atoms with van der Waals surface area (Å²) in [6.45, 7) is 7.17. The van der Waals surface area contributed by atoms with Crippen LogP contribution < -0.4 is 5.73 Å². The fourth-order valence-electron chi connectivity index (χ4n) is 1.40. The highest BCUT2D eigenvalue weighted by molar-refractivity contribution is 5.00. The summed E-state index contributed by atoms with van der Waals surface area (Å²) in [6, 6.07) is 0.337. The SMILES string of the molecule is CCO[C@@H]1C[C@H](N)C1(C)C. The molecule has 2 nitrogen and oxygen atoms in total. The van der Waals surface area contributed by atoms with Crippen molar-refractivity contribution in [3.8, 4) is 0 Å². The van der Waals surface area contributed by atoms with E-state index in [0.717, 1.165) is 13.0 Å². The van der Waals surface area contributed by atoms with E-state index in [-0.39, 0.29) is 5.41 Å². The summed E-state index contributed by atoms with van der Waals surface area (Å²) in [5.41, 5.74) is 6.00. The Morgan fingerprint density at radius 1 is 1.60 bits per heavy atom. The number of hydrogen-bond donors (Lipinski definition) is 1. The molecule has 2 atom stereocenters. The highest BCUT2D eigenvalue weighted by Crippen LogP contribution is 2.41. The molecule has 0 bridgehead atoms. The van der Waals surface area contributed by atoms with Crippen LogP contribution in [0.15, 0.2) is 0 Å². The van der Waals surface area contributed by atoms with Gasteiger partial charge in [-0.2, -0.15) is 0 Å². The van der Waals surface area contributed by atoms with Crippen LogP contribution in [-0.2, 0) is 4.74 Å². The minimum atomic E-state index is 0.204. The lowest BCUT2D eigenvalue weighted by atomic mass is 9.65. The van der Waals surface area contributed by atoms with Crippen LogP contribution in [0.1, 0.15) is 27.2 Å². The van der Waals surface area contributed by atoms with Crippen LogP contribution >= 0.6 is 0 Å². The molecule has 1 fully saturated rings. The Morgan fingerprint density at radius 2 is 2.20 bits per heavy atom. The van der Waals surface area contributed by atoms with Gasteiger partial charge >= 0.3 is 0 Å². The van der Waals surface area contributed by atoms with Gasteiger partial charge in [0.2, 0.25) is 0 Å². The average Bonchev–Trinajstić information content (AvgIpc) is 1.88. The molecule has 0 spiro atoms. The molecule has 1 aliphatic carbocycles. The molecule has 60 valence electrons. The molecule has 0 heterocycles. The van der Waals surface area contributed by atoms with Crippen molar-refractivity contribution in [2.45, 2.75) is 39.3 Å². The average molecular weight is 143 g/mol. The van der Waals surface area contributed by atoms with Gasteiger partial charge in [-0.15, -0.1) is 0 Å². The van der Waals surface area contributed by atoms with Crippen LogP contribution in [-0.4, -0.2) is 18.8 Å². The molecular weight excluding hydrogens is 126 g/mol. The first-order chi connectivity index (χ1) is 4.59. The van der Waals surface area contributed by atoms with E-state index in [1.165, 1.54) is 0 Å². The Bertz CT molecular complexity index is 120. The summed E-state index contributed by atoms with van der Waals surface area (Å²) in [5, 5.41) is 0. The predicted molar refractivity (Wildman–Crippen MR) is 41.8 cm³/mol. The summed E-state index contributed by atoms with van der Waals surface area (Å²) < 4.78 is 5.48. The fraction of sp³-hybridized carbons (Fsp3) is 1.00. The van der Waals surface area contributed by atoms with E-state index in [2.05, 4.69) is 13.8 Å². The van der Waals surface area contributed by atoms with Crippen molar-refractivity contribution in [3.63, 3.8) is 0 Å². The van der Waals surface area contributed by atoms with Crippen molar-refractivity contribution >= 4 is 0 Å². The van der Waals surface area contributed by atoms with Gasteiger partial charge in [-0.05, 0) is 13.3 Å². The van der Waals surface area contributed by atoms with Crippen LogP contribution in [0, 0.1) is 5.41 Å². The monoisotopic (exact) mass is 143 g/mol. The summed E-state index contributed by atoms with van der Waals surface area (Å²) >= 11 is 0. The van der Waals surface area contributed by atoms with Crippen molar-refractivity contribution < 1.29 is 4.74 Å². The predicted octanol–water partition coefficient (Wildman–Crippen LogP) is 1.15. The van der Waals surface area contributed by atoms with E-state index in [1.54, 1.807) is 0 Å². The second-order valence-electron chi connectivity index (χ2n) is 3.61. The van der Waals surface area contributed by atoms with Crippen molar-refractivity contribution in [1.82, 2.24) is 0 Å². The van der Waals surface area contributed by atoms with Crippen LogP contribution in [0.4, 0.5) is 0 Å². The van der Waals surface area contributed by atoms with Crippen LogP contribution in [0.2, 0.25) is 0 Å². The second-order valence-corrected chi connectivity index (χ2v) is 3.61. The molecule has 10 heavy (non-hydrogen) atoms. The molecule has 0 radical (unpaired) electrons. The first kappa shape index (κ1) is 8.02. The van der Waals surface area contributed by atoms with E-state index < -0.39 is 0 Å². The Balaban J connectivity index is 2.39. The van der Waals surface area contributed by atoms with Gasteiger partial charge in [-0.25, -0.2) is 0 Å². The quantitative estimate of drug-likeness (QED) is 0.629. The maximum atomic E-state index is 5.80. The lowest BCUT2D eigenvalue weighted by molar-refractivity contribution is -0.103. The molecule has 0 unspecified atom stereocenters. The van der Waals surface area contributed by atoms with E-state index >= 15 is 0 Å². The third-order valence-corrected chi connectivity index (χ3v) is 2.62. The first-order valence-corrected chi connectivity index (χ1v) is 3.96. The number of ether oxygens (including phenoxy) is 1. The lowest BCUT2D eigenvalue weighted by Gasteiger charge is -2.49. The number of rotatable bonds is 2. The van der Waals surface area contributed by atoms with Crippen LogP contribution in [0.5, 0.6) is 0 Å². The van der Waals surface area contributed by atoms with Crippen molar-refractivity contribution in [1.29, 1.82) is 0 Å². The zero-order valence-corrected chi connectivity index (χ0v) is 7.05. The van der Waals surface area contributed by atoms with E-state index in [9.17, 15) is 0 Å². The highest BCUT2D eigenvalue weighted by atomic mass is 16.5. The van der Waals surface area contributed by atoms with Gasteiger partial charge in [0.15, 0.2) is 0 Å². The molecule has 2 heteroatoms. The standard InChI is InChI=1S/C8H17NO/c1-4-10-7-5-6(9)8(7,2)3/h6-7H,4-5,9H2,1-3H3/t6-,7+/m0/s1. The molecule has 1 saturated carbocycles. The Kier molecular flexibility index (Phi) is 2.02. The molecule has 0 aliphatic heterocycles. The van der Waals surface area contributed by atoms with Crippen molar-refractivity contribution in [2.75, 3.05) is 6.61 Å². The third-order valence-electron chi connectivity index (χ3n) is 2.62. The van der Waals surface area contributed by atoms with E-state index in [1.807, 2.05) is 6.92 Å². The molecule has 0 saturated heterocycles.